The Balaban J connectivity index is 1.38. The van der Waals surface area contributed by atoms with Gasteiger partial charge in [0.25, 0.3) is 0 Å². The zero-order valence-corrected chi connectivity index (χ0v) is 15.3. The molecule has 1 N–H and O–H groups in total. The van der Waals surface area contributed by atoms with Gasteiger partial charge in [-0.3, -0.25) is 4.79 Å². The highest BCUT2D eigenvalue weighted by molar-refractivity contribution is 7.89. The first kappa shape index (κ1) is 16.6. The number of ether oxygens (including phenoxy) is 2. The van der Waals surface area contributed by atoms with Crippen molar-refractivity contribution < 1.29 is 22.7 Å². The van der Waals surface area contributed by atoms with Crippen LogP contribution in [0.25, 0.3) is 0 Å². The van der Waals surface area contributed by atoms with E-state index in [-0.39, 0.29) is 29.9 Å². The monoisotopic (exact) mass is 386 g/mol. The third-order valence-electron chi connectivity index (χ3n) is 5.36. The molecule has 3 aliphatic rings. The lowest BCUT2D eigenvalue weighted by molar-refractivity contribution is -0.115. The van der Waals surface area contributed by atoms with Gasteiger partial charge in [0.2, 0.25) is 22.7 Å². The molecule has 3 aliphatic heterocycles. The Hall–Kier alpha value is -2.58. The van der Waals surface area contributed by atoms with Gasteiger partial charge in [0, 0.05) is 18.8 Å². The lowest BCUT2D eigenvalue weighted by Gasteiger charge is -2.17. The zero-order chi connectivity index (χ0) is 18.6. The van der Waals surface area contributed by atoms with E-state index in [2.05, 4.69) is 5.32 Å². The highest BCUT2D eigenvalue weighted by Gasteiger charge is 2.34. The smallest absolute Gasteiger partial charge is 0.243 e. The number of hydrogen-bond donors (Lipinski definition) is 1. The second kappa shape index (κ2) is 5.97. The largest absolute Gasteiger partial charge is 0.454 e. The average Bonchev–Trinajstić information content (AvgIpc) is 3.38. The molecule has 7 nitrogen and oxygen atoms in total. The van der Waals surface area contributed by atoms with Crippen molar-refractivity contribution in [3.63, 3.8) is 0 Å². The van der Waals surface area contributed by atoms with Crippen molar-refractivity contribution in [2.45, 2.75) is 23.7 Å². The summed E-state index contributed by atoms with van der Waals surface area (Å²) >= 11 is 0. The van der Waals surface area contributed by atoms with E-state index in [1.165, 1.54) is 4.31 Å². The Kier molecular flexibility index (Phi) is 3.66. The minimum atomic E-state index is -3.59. The van der Waals surface area contributed by atoms with E-state index in [1.54, 1.807) is 18.2 Å². The number of carbonyl (C=O) groups excluding carboxylic acids is 1. The third-order valence-corrected chi connectivity index (χ3v) is 7.22. The summed E-state index contributed by atoms with van der Waals surface area (Å²) in [5, 5.41) is 2.73. The second-order valence-electron chi connectivity index (χ2n) is 7.01. The molecule has 1 unspecified atom stereocenters. The molecule has 0 radical (unpaired) electrons. The summed E-state index contributed by atoms with van der Waals surface area (Å²) in [6.07, 6.45) is 0.975. The van der Waals surface area contributed by atoms with E-state index in [9.17, 15) is 13.2 Å². The van der Waals surface area contributed by atoms with Gasteiger partial charge in [0.1, 0.15) is 0 Å². The number of benzene rings is 2. The Labute approximate surface area is 156 Å². The molecule has 0 bridgehead atoms. The van der Waals surface area contributed by atoms with Crippen molar-refractivity contribution in [2.75, 3.05) is 25.2 Å². The van der Waals surface area contributed by atoms with E-state index < -0.39 is 10.0 Å². The van der Waals surface area contributed by atoms with Gasteiger partial charge < -0.3 is 14.8 Å². The molecular weight excluding hydrogens is 368 g/mol. The van der Waals surface area contributed by atoms with E-state index in [4.69, 9.17) is 9.47 Å². The summed E-state index contributed by atoms with van der Waals surface area (Å²) in [6.45, 7) is 1.12. The van der Waals surface area contributed by atoms with Gasteiger partial charge >= 0.3 is 0 Å². The fourth-order valence-electron chi connectivity index (χ4n) is 3.90. The molecule has 0 aromatic heterocycles. The standard InChI is InChI=1S/C19H18N2O5S/c22-19-9-14-7-15(2-3-16(14)20-19)27(23,24)21-6-5-13(10-21)12-1-4-17-18(8-12)26-11-25-17/h1-4,7-8,13H,5-6,9-11H2,(H,20,22). The first-order valence-corrected chi connectivity index (χ1v) is 10.3. The van der Waals surface area contributed by atoms with Crippen molar-refractivity contribution >= 4 is 21.6 Å². The fourth-order valence-corrected chi connectivity index (χ4v) is 5.45. The van der Waals surface area contributed by atoms with Gasteiger partial charge in [0.05, 0.1) is 11.3 Å². The number of fused-ring (bicyclic) bond motifs is 2. The predicted molar refractivity (Wildman–Crippen MR) is 97.5 cm³/mol. The van der Waals surface area contributed by atoms with Crippen LogP contribution in [0.4, 0.5) is 5.69 Å². The van der Waals surface area contributed by atoms with E-state index >= 15 is 0 Å². The molecule has 0 saturated carbocycles. The molecule has 27 heavy (non-hydrogen) atoms. The van der Waals surface area contributed by atoms with Crippen LogP contribution in [0.5, 0.6) is 11.5 Å². The van der Waals surface area contributed by atoms with Gasteiger partial charge in [-0.2, -0.15) is 4.31 Å². The molecule has 1 saturated heterocycles. The number of nitrogens with zero attached hydrogens (tertiary/aromatic N) is 1. The molecule has 8 heteroatoms. The first-order chi connectivity index (χ1) is 13.0. The normalized spacial score (nSPS) is 21.3. The summed E-state index contributed by atoms with van der Waals surface area (Å²) in [6, 6.07) is 10.6. The second-order valence-corrected chi connectivity index (χ2v) is 8.94. The van der Waals surface area contributed by atoms with Crippen LogP contribution in [0.3, 0.4) is 0 Å². The van der Waals surface area contributed by atoms with Crippen LogP contribution >= 0.6 is 0 Å². The zero-order valence-electron chi connectivity index (χ0n) is 14.5. The van der Waals surface area contributed by atoms with Crippen molar-refractivity contribution in [3.8, 4) is 11.5 Å². The van der Waals surface area contributed by atoms with Crippen LogP contribution in [0.2, 0.25) is 0 Å². The molecule has 0 spiro atoms. The van der Waals surface area contributed by atoms with Crippen molar-refractivity contribution in [1.82, 2.24) is 4.31 Å². The number of anilines is 1. The summed E-state index contributed by atoms with van der Waals surface area (Å²) < 4.78 is 38.4. The van der Waals surface area contributed by atoms with Crippen LogP contribution in [0.15, 0.2) is 41.3 Å². The Bertz CT molecular complexity index is 1050. The molecular formula is C19H18N2O5S. The summed E-state index contributed by atoms with van der Waals surface area (Å²) in [5.74, 6) is 1.45. The number of amides is 1. The van der Waals surface area contributed by atoms with Crippen LogP contribution in [0.1, 0.15) is 23.5 Å². The van der Waals surface area contributed by atoms with Crippen molar-refractivity contribution in [3.05, 3.63) is 47.5 Å². The molecule has 0 aliphatic carbocycles. The topological polar surface area (TPSA) is 84.9 Å². The molecule has 3 heterocycles. The number of nitrogens with one attached hydrogen (secondary N) is 1. The average molecular weight is 386 g/mol. The lowest BCUT2D eigenvalue weighted by atomic mass is 9.98. The lowest BCUT2D eigenvalue weighted by Crippen LogP contribution is -2.28. The number of carbonyl (C=O) groups is 1. The number of sulfonamides is 1. The molecule has 2 aromatic carbocycles. The maximum absolute atomic E-state index is 13.1. The number of hydrogen-bond acceptors (Lipinski definition) is 5. The Morgan fingerprint density at radius 3 is 2.81 bits per heavy atom. The number of rotatable bonds is 3. The predicted octanol–water partition coefficient (Wildman–Crippen LogP) is 2.09. The highest BCUT2D eigenvalue weighted by atomic mass is 32.2. The van der Waals surface area contributed by atoms with Crippen molar-refractivity contribution in [1.29, 1.82) is 0 Å². The van der Waals surface area contributed by atoms with Crippen molar-refractivity contribution in [2.24, 2.45) is 0 Å². The quantitative estimate of drug-likeness (QED) is 0.873. The molecule has 2 aromatic rings. The fraction of sp³-hybridized carbons (Fsp3) is 0.316. The molecule has 1 amide bonds. The van der Waals surface area contributed by atoms with Crippen LogP contribution < -0.4 is 14.8 Å². The minimum Gasteiger partial charge on any atom is -0.454 e. The van der Waals surface area contributed by atoms with E-state index in [0.29, 0.717) is 24.5 Å². The summed E-state index contributed by atoms with van der Waals surface area (Å²) in [5.41, 5.74) is 2.48. The third kappa shape index (κ3) is 2.76. The molecule has 1 fully saturated rings. The Morgan fingerprint density at radius 1 is 1.07 bits per heavy atom. The maximum Gasteiger partial charge on any atom is 0.243 e. The first-order valence-electron chi connectivity index (χ1n) is 8.83. The molecule has 5 rings (SSSR count). The maximum atomic E-state index is 13.1. The van der Waals surface area contributed by atoms with E-state index in [0.717, 1.165) is 23.3 Å². The molecule has 140 valence electrons. The van der Waals surface area contributed by atoms with Gasteiger partial charge in [-0.15, -0.1) is 0 Å². The highest BCUT2D eigenvalue weighted by Crippen LogP contribution is 2.38. The van der Waals surface area contributed by atoms with E-state index in [1.807, 2.05) is 18.2 Å². The van der Waals surface area contributed by atoms with Gasteiger partial charge in [-0.25, -0.2) is 8.42 Å². The van der Waals surface area contributed by atoms with Crippen LogP contribution in [0, 0.1) is 0 Å². The van der Waals surface area contributed by atoms with Crippen LogP contribution in [-0.2, 0) is 21.2 Å². The van der Waals surface area contributed by atoms with Crippen LogP contribution in [-0.4, -0.2) is 38.5 Å². The SMILES string of the molecule is O=C1Cc2cc(S(=O)(=O)N3CCC(c4ccc5c(c4)OCO5)C3)ccc2N1. The Morgan fingerprint density at radius 2 is 1.93 bits per heavy atom. The van der Waals surface area contributed by atoms with Gasteiger partial charge in [0.15, 0.2) is 11.5 Å². The van der Waals surface area contributed by atoms with Gasteiger partial charge in [-0.05, 0) is 53.8 Å². The minimum absolute atomic E-state index is 0.108. The molecule has 1 atom stereocenters. The summed E-state index contributed by atoms with van der Waals surface area (Å²) in [7, 11) is -3.59. The summed E-state index contributed by atoms with van der Waals surface area (Å²) in [4.78, 5) is 11.7. The van der Waals surface area contributed by atoms with Gasteiger partial charge in [-0.1, -0.05) is 6.07 Å².